The van der Waals surface area contributed by atoms with Crippen molar-refractivity contribution in [2.24, 2.45) is 0 Å². The first-order chi connectivity index (χ1) is 6.95. The average molecular weight is 225 g/mol. The minimum atomic E-state index is -2.01. The maximum Gasteiger partial charge on any atom is 0.253 e. The van der Waals surface area contributed by atoms with Crippen molar-refractivity contribution < 1.29 is 35.4 Å². The third kappa shape index (κ3) is 4.08. The number of rotatable bonds is 6. The van der Waals surface area contributed by atoms with Gasteiger partial charge in [0.2, 0.25) is 0 Å². The van der Waals surface area contributed by atoms with E-state index in [4.69, 9.17) is 25.5 Å². The van der Waals surface area contributed by atoms with Gasteiger partial charge >= 0.3 is 0 Å². The summed E-state index contributed by atoms with van der Waals surface area (Å²) < 4.78 is 0. The Hall–Kier alpha value is -0.770. The van der Waals surface area contributed by atoms with Gasteiger partial charge < -0.3 is 36.0 Å². The van der Waals surface area contributed by atoms with Crippen LogP contribution in [0.3, 0.4) is 0 Å². The minimum absolute atomic E-state index is 0.735. The summed E-state index contributed by atoms with van der Waals surface area (Å²) in [6.45, 7) is -1.56. The minimum Gasteiger partial charge on any atom is -0.394 e. The average Bonchev–Trinajstić information content (AvgIpc) is 2.25. The molecule has 0 aliphatic rings. The molecule has 0 rings (SSSR count). The molecule has 0 unspecified atom stereocenters. The molecule has 0 fully saturated rings. The van der Waals surface area contributed by atoms with Crippen molar-refractivity contribution in [2.45, 2.75) is 24.4 Å². The van der Waals surface area contributed by atoms with E-state index < -0.39 is 43.7 Å². The van der Waals surface area contributed by atoms with Crippen molar-refractivity contribution in [1.29, 1.82) is 0 Å². The van der Waals surface area contributed by atoms with E-state index in [0.29, 0.717) is 0 Å². The van der Waals surface area contributed by atoms with E-state index >= 15 is 0 Å². The summed E-state index contributed by atoms with van der Waals surface area (Å²) in [6.07, 6.45) is -7.50. The molecule has 8 nitrogen and oxygen atoms in total. The third-order valence-electron chi connectivity index (χ3n) is 1.78. The largest absolute Gasteiger partial charge is 0.394 e. The molecule has 15 heavy (non-hydrogen) atoms. The van der Waals surface area contributed by atoms with Crippen molar-refractivity contribution in [3.63, 3.8) is 0 Å². The van der Waals surface area contributed by atoms with Gasteiger partial charge in [-0.15, -0.1) is 0 Å². The van der Waals surface area contributed by atoms with E-state index in [1.54, 1.807) is 5.32 Å². The molecule has 7 N–H and O–H groups in total. The molecule has 0 aromatic heterocycles. The molecular weight excluding hydrogens is 210 g/mol. The lowest BCUT2D eigenvalue weighted by Gasteiger charge is -2.24. The SMILES string of the molecule is O=C(NCO)[C@@H](O)[C@@H](O)[C@H](O)[C@H](O)CO. The smallest absolute Gasteiger partial charge is 0.253 e. The molecule has 0 saturated carbocycles. The Bertz CT molecular complexity index is 200. The van der Waals surface area contributed by atoms with Crippen LogP contribution in [0.25, 0.3) is 0 Å². The fourth-order valence-corrected chi connectivity index (χ4v) is 0.860. The van der Waals surface area contributed by atoms with E-state index in [-0.39, 0.29) is 0 Å². The zero-order chi connectivity index (χ0) is 12.0. The van der Waals surface area contributed by atoms with Crippen LogP contribution in [0.4, 0.5) is 0 Å². The molecule has 0 radical (unpaired) electrons. The molecule has 1 amide bonds. The van der Waals surface area contributed by atoms with Gasteiger partial charge in [-0.25, -0.2) is 0 Å². The predicted octanol–water partition coefficient (Wildman–Crippen LogP) is -4.51. The van der Waals surface area contributed by atoms with Gasteiger partial charge in [-0.3, -0.25) is 4.79 Å². The molecule has 8 heteroatoms. The van der Waals surface area contributed by atoms with Crippen LogP contribution in [-0.4, -0.2) is 74.3 Å². The third-order valence-corrected chi connectivity index (χ3v) is 1.78. The molecule has 0 aromatic carbocycles. The number of aliphatic hydroxyl groups excluding tert-OH is 6. The van der Waals surface area contributed by atoms with Crippen LogP contribution in [0.15, 0.2) is 0 Å². The van der Waals surface area contributed by atoms with Gasteiger partial charge in [0.15, 0.2) is 6.10 Å². The monoisotopic (exact) mass is 225 g/mol. The number of hydrogen-bond acceptors (Lipinski definition) is 7. The maximum absolute atomic E-state index is 10.9. The van der Waals surface area contributed by atoms with E-state index in [0.717, 1.165) is 0 Å². The van der Waals surface area contributed by atoms with Crippen molar-refractivity contribution in [2.75, 3.05) is 13.3 Å². The standard InChI is InChI=1S/C7H15NO7/c9-1-3(11)4(12)5(13)6(14)7(15)8-2-10/h3-6,9-14H,1-2H2,(H,8,15)/t3-,4-,5+,6+/m1/s1. The lowest BCUT2D eigenvalue weighted by atomic mass is 10.0. The van der Waals surface area contributed by atoms with Gasteiger partial charge in [0.05, 0.1) is 6.61 Å². The Balaban J connectivity index is 4.29. The molecule has 0 aliphatic carbocycles. The first kappa shape index (κ1) is 14.2. The zero-order valence-corrected chi connectivity index (χ0v) is 7.82. The number of amides is 1. The van der Waals surface area contributed by atoms with Gasteiger partial charge in [-0.1, -0.05) is 0 Å². The Morgan fingerprint density at radius 1 is 1.07 bits per heavy atom. The summed E-state index contributed by atoms with van der Waals surface area (Å²) in [4.78, 5) is 10.9. The van der Waals surface area contributed by atoms with Crippen molar-refractivity contribution in [1.82, 2.24) is 5.32 Å². The van der Waals surface area contributed by atoms with Crippen LogP contribution < -0.4 is 5.32 Å². The highest BCUT2D eigenvalue weighted by atomic mass is 16.4. The van der Waals surface area contributed by atoms with E-state index in [2.05, 4.69) is 0 Å². The lowest BCUT2D eigenvalue weighted by Crippen LogP contribution is -2.51. The summed E-state index contributed by atoms with van der Waals surface area (Å²) in [5.74, 6) is -1.10. The second-order valence-corrected chi connectivity index (χ2v) is 2.88. The highest BCUT2D eigenvalue weighted by Crippen LogP contribution is 2.05. The fourth-order valence-electron chi connectivity index (χ4n) is 0.860. The number of hydrogen-bond donors (Lipinski definition) is 7. The summed E-state index contributed by atoms with van der Waals surface area (Å²) in [5, 5.41) is 54.8. The van der Waals surface area contributed by atoms with Crippen LogP contribution in [-0.2, 0) is 4.79 Å². The molecule has 0 aromatic rings. The molecular formula is C7H15NO7. The van der Waals surface area contributed by atoms with Gasteiger partial charge in [0, 0.05) is 0 Å². The topological polar surface area (TPSA) is 150 Å². The first-order valence-corrected chi connectivity index (χ1v) is 4.17. The van der Waals surface area contributed by atoms with Gasteiger partial charge in [-0.2, -0.15) is 0 Å². The van der Waals surface area contributed by atoms with E-state index in [1.807, 2.05) is 0 Å². The fraction of sp³-hybridized carbons (Fsp3) is 0.857. The lowest BCUT2D eigenvalue weighted by molar-refractivity contribution is -0.149. The molecule has 0 bridgehead atoms. The van der Waals surface area contributed by atoms with Gasteiger partial charge in [-0.05, 0) is 0 Å². The summed E-state index contributed by atoms with van der Waals surface area (Å²) >= 11 is 0. The van der Waals surface area contributed by atoms with Crippen LogP contribution in [0.1, 0.15) is 0 Å². The molecule has 0 heterocycles. The number of aliphatic hydroxyl groups is 6. The van der Waals surface area contributed by atoms with Crippen LogP contribution in [0.2, 0.25) is 0 Å². The van der Waals surface area contributed by atoms with E-state index in [9.17, 15) is 9.90 Å². The van der Waals surface area contributed by atoms with Gasteiger partial charge in [0.25, 0.3) is 5.91 Å². The van der Waals surface area contributed by atoms with Crippen molar-refractivity contribution >= 4 is 5.91 Å². The van der Waals surface area contributed by atoms with Crippen LogP contribution >= 0.6 is 0 Å². The van der Waals surface area contributed by atoms with Gasteiger partial charge in [0.1, 0.15) is 25.0 Å². The molecule has 4 atom stereocenters. The Labute approximate surface area is 85.4 Å². The number of carbonyl (C=O) groups is 1. The molecule has 90 valence electrons. The highest BCUT2D eigenvalue weighted by molar-refractivity contribution is 5.81. The maximum atomic E-state index is 10.9. The highest BCUT2D eigenvalue weighted by Gasteiger charge is 2.33. The van der Waals surface area contributed by atoms with Crippen LogP contribution in [0.5, 0.6) is 0 Å². The summed E-state index contributed by atoms with van der Waals surface area (Å²) in [7, 11) is 0. The summed E-state index contributed by atoms with van der Waals surface area (Å²) in [6, 6.07) is 0. The van der Waals surface area contributed by atoms with Crippen LogP contribution in [0, 0.1) is 0 Å². The number of carbonyl (C=O) groups excluding carboxylic acids is 1. The molecule has 0 spiro atoms. The first-order valence-electron chi connectivity index (χ1n) is 4.17. The molecule has 0 aliphatic heterocycles. The van der Waals surface area contributed by atoms with Crippen molar-refractivity contribution in [3.8, 4) is 0 Å². The second kappa shape index (κ2) is 6.67. The second-order valence-electron chi connectivity index (χ2n) is 2.88. The quantitative estimate of drug-likeness (QED) is 0.225. The predicted molar refractivity (Wildman–Crippen MR) is 46.3 cm³/mol. The van der Waals surface area contributed by atoms with Crippen molar-refractivity contribution in [3.05, 3.63) is 0 Å². The molecule has 0 saturated heterocycles. The zero-order valence-electron chi connectivity index (χ0n) is 7.82. The number of nitrogens with one attached hydrogen (secondary N) is 1. The normalized spacial score (nSPS) is 19.1. The van der Waals surface area contributed by atoms with E-state index in [1.165, 1.54) is 0 Å². The Kier molecular flexibility index (Phi) is 6.32. The Morgan fingerprint density at radius 3 is 2.00 bits per heavy atom. The summed E-state index contributed by atoms with van der Waals surface area (Å²) in [5.41, 5.74) is 0. The Morgan fingerprint density at radius 2 is 1.60 bits per heavy atom.